The number of amides is 3. The van der Waals surface area contributed by atoms with Crippen molar-refractivity contribution in [2.24, 2.45) is 29.6 Å². The number of rotatable bonds is 10. The second-order valence-corrected chi connectivity index (χ2v) is 12.5. The van der Waals surface area contributed by atoms with Crippen molar-refractivity contribution in [1.29, 1.82) is 0 Å². The lowest BCUT2D eigenvalue weighted by atomic mass is 9.75. The minimum atomic E-state index is -0.709. The molecule has 1 heterocycles. The SMILES string of the molecule is CCC(=O)NC1CC2CC3CC2CC(C1)[C@H]3NC(=O)c1cnn(/C=C/C(C)(C)NC(=O)OC)c1OCC(C)C. The molecule has 0 aliphatic heterocycles. The van der Waals surface area contributed by atoms with Gasteiger partial charge < -0.3 is 25.4 Å². The highest BCUT2D eigenvalue weighted by atomic mass is 16.5. The zero-order valence-electron chi connectivity index (χ0n) is 24.2. The predicted molar refractivity (Wildman–Crippen MR) is 148 cm³/mol. The zero-order chi connectivity index (χ0) is 28.3. The van der Waals surface area contributed by atoms with Gasteiger partial charge in [0, 0.05) is 24.7 Å². The van der Waals surface area contributed by atoms with Gasteiger partial charge >= 0.3 is 6.09 Å². The minimum absolute atomic E-state index is 0.0695. The standard InChI is InChI=1S/C29H45N5O5/c1-7-24(35)31-22-13-19-12-20-10-18(19)11-21(14-22)25(20)32-26(36)23-15-30-34(27(23)39-16-17(2)3)9-8-29(4,5)33-28(37)38-6/h8-9,15,17-22,25H,7,10-14,16H2,1-6H3,(H,31,35)(H,32,36)(H,33,37)/b9-8+/t18?,19?,20?,21?,22?,25-/m0/s1. The van der Waals surface area contributed by atoms with Crippen LogP contribution in [0.5, 0.6) is 5.88 Å². The van der Waals surface area contributed by atoms with Crippen LogP contribution in [0.15, 0.2) is 12.3 Å². The summed E-state index contributed by atoms with van der Waals surface area (Å²) in [5.41, 5.74) is -0.318. The number of alkyl carbamates (subject to hydrolysis) is 1. The number of ether oxygens (including phenoxy) is 2. The second-order valence-electron chi connectivity index (χ2n) is 12.5. The van der Waals surface area contributed by atoms with E-state index in [4.69, 9.17) is 9.47 Å². The lowest BCUT2D eigenvalue weighted by Crippen LogP contribution is -2.49. The molecule has 0 saturated heterocycles. The lowest BCUT2D eigenvalue weighted by molar-refractivity contribution is -0.121. The molecule has 4 rings (SSSR count). The molecule has 10 nitrogen and oxygen atoms in total. The highest BCUT2D eigenvalue weighted by Gasteiger charge is 2.50. The molecular formula is C29H45N5O5. The normalized spacial score (nSPS) is 27.9. The molecule has 3 aliphatic rings. The van der Waals surface area contributed by atoms with Crippen molar-refractivity contribution < 1.29 is 23.9 Å². The molecule has 3 aliphatic carbocycles. The van der Waals surface area contributed by atoms with Crippen molar-refractivity contribution in [2.45, 2.75) is 90.8 Å². The number of nitrogens with zero attached hydrogens (tertiary/aromatic N) is 2. The average molecular weight is 544 g/mol. The molecule has 39 heavy (non-hydrogen) atoms. The Hall–Kier alpha value is -3.04. The number of aromatic nitrogens is 2. The third-order valence-corrected chi connectivity index (χ3v) is 8.45. The molecule has 216 valence electrons. The van der Waals surface area contributed by atoms with E-state index < -0.39 is 11.6 Å². The van der Waals surface area contributed by atoms with Gasteiger partial charge in [-0.05, 0) is 81.6 Å². The second kappa shape index (κ2) is 12.0. The van der Waals surface area contributed by atoms with Gasteiger partial charge in [0.25, 0.3) is 5.91 Å². The molecule has 1 aromatic rings. The monoisotopic (exact) mass is 543 g/mol. The molecule has 3 bridgehead atoms. The Morgan fingerprint density at radius 1 is 1.08 bits per heavy atom. The van der Waals surface area contributed by atoms with Gasteiger partial charge in [0.2, 0.25) is 11.8 Å². The quantitative estimate of drug-likeness (QED) is 0.410. The molecule has 3 fully saturated rings. The number of carbonyl (C=O) groups excluding carboxylic acids is 3. The molecule has 1 aromatic heterocycles. The molecule has 3 saturated carbocycles. The molecule has 3 amide bonds. The number of carbonyl (C=O) groups is 3. The first-order chi connectivity index (χ1) is 18.5. The van der Waals surface area contributed by atoms with Crippen LogP contribution in [0.3, 0.4) is 0 Å². The summed E-state index contributed by atoms with van der Waals surface area (Å²) < 4.78 is 12.3. The van der Waals surface area contributed by atoms with Gasteiger partial charge in [-0.3, -0.25) is 9.59 Å². The Labute approximate surface area is 231 Å². The Balaban J connectivity index is 1.52. The van der Waals surface area contributed by atoms with E-state index in [0.717, 1.165) is 32.1 Å². The molecule has 3 N–H and O–H groups in total. The van der Waals surface area contributed by atoms with Crippen LogP contribution in [-0.2, 0) is 9.53 Å². The van der Waals surface area contributed by atoms with Gasteiger partial charge in [0.15, 0.2) is 0 Å². The summed E-state index contributed by atoms with van der Waals surface area (Å²) in [7, 11) is 1.32. The van der Waals surface area contributed by atoms with Crippen molar-refractivity contribution in [3.63, 3.8) is 0 Å². The highest BCUT2D eigenvalue weighted by molar-refractivity contribution is 5.96. The summed E-state index contributed by atoms with van der Waals surface area (Å²) >= 11 is 0. The first-order valence-electron chi connectivity index (χ1n) is 14.4. The zero-order valence-corrected chi connectivity index (χ0v) is 24.2. The smallest absolute Gasteiger partial charge is 0.407 e. The molecule has 0 radical (unpaired) electrons. The maximum absolute atomic E-state index is 13.7. The van der Waals surface area contributed by atoms with Crippen molar-refractivity contribution in [3.8, 4) is 5.88 Å². The van der Waals surface area contributed by atoms with Crippen molar-refractivity contribution in [3.05, 3.63) is 17.8 Å². The number of hydrogen-bond donors (Lipinski definition) is 3. The summed E-state index contributed by atoms with van der Waals surface area (Å²) in [6.07, 6.45) is 10.3. The molecule has 0 aromatic carbocycles. The number of nitrogens with one attached hydrogen (secondary N) is 3. The van der Waals surface area contributed by atoms with Gasteiger partial charge in [-0.2, -0.15) is 5.10 Å². The van der Waals surface area contributed by atoms with Crippen LogP contribution in [0.1, 0.15) is 83.5 Å². The fraction of sp³-hybridized carbons (Fsp3) is 0.724. The van der Waals surface area contributed by atoms with Crippen LogP contribution in [0.2, 0.25) is 0 Å². The van der Waals surface area contributed by atoms with E-state index in [1.165, 1.54) is 11.8 Å². The third-order valence-electron chi connectivity index (χ3n) is 8.45. The minimum Gasteiger partial charge on any atom is -0.477 e. The van der Waals surface area contributed by atoms with Gasteiger partial charge in [-0.1, -0.05) is 20.8 Å². The molecular weight excluding hydrogens is 498 g/mol. The Morgan fingerprint density at radius 3 is 2.36 bits per heavy atom. The van der Waals surface area contributed by atoms with E-state index in [1.54, 1.807) is 18.5 Å². The predicted octanol–water partition coefficient (Wildman–Crippen LogP) is 3.97. The van der Waals surface area contributed by atoms with E-state index in [0.29, 0.717) is 48.1 Å². The van der Waals surface area contributed by atoms with E-state index >= 15 is 0 Å². The average Bonchev–Trinajstić information content (AvgIpc) is 3.40. The Morgan fingerprint density at radius 2 is 1.72 bits per heavy atom. The van der Waals surface area contributed by atoms with E-state index in [1.807, 2.05) is 34.6 Å². The molecule has 6 atom stereocenters. The van der Waals surface area contributed by atoms with Crippen LogP contribution in [0.25, 0.3) is 6.20 Å². The maximum Gasteiger partial charge on any atom is 0.407 e. The Kier molecular flexibility index (Phi) is 8.91. The summed E-state index contributed by atoms with van der Waals surface area (Å²) in [4.78, 5) is 37.5. The summed E-state index contributed by atoms with van der Waals surface area (Å²) in [5.74, 6) is 2.66. The number of hydrogen-bond acceptors (Lipinski definition) is 6. The molecule has 5 unspecified atom stereocenters. The lowest BCUT2D eigenvalue weighted by Gasteiger charge is -2.38. The fourth-order valence-corrected chi connectivity index (χ4v) is 6.65. The van der Waals surface area contributed by atoms with Crippen molar-refractivity contribution >= 4 is 24.1 Å². The van der Waals surface area contributed by atoms with Gasteiger partial charge in [-0.15, -0.1) is 0 Å². The third kappa shape index (κ3) is 6.94. The largest absolute Gasteiger partial charge is 0.477 e. The maximum atomic E-state index is 13.7. The summed E-state index contributed by atoms with van der Waals surface area (Å²) in [5, 5.41) is 13.8. The first-order valence-corrected chi connectivity index (χ1v) is 14.4. The first kappa shape index (κ1) is 29.0. The van der Waals surface area contributed by atoms with Crippen LogP contribution in [-0.4, -0.2) is 59.0 Å². The van der Waals surface area contributed by atoms with Crippen molar-refractivity contribution in [2.75, 3.05) is 13.7 Å². The van der Waals surface area contributed by atoms with Crippen LogP contribution < -0.4 is 20.7 Å². The van der Waals surface area contributed by atoms with Crippen LogP contribution in [0, 0.1) is 29.6 Å². The molecule has 0 spiro atoms. The van der Waals surface area contributed by atoms with Gasteiger partial charge in [0.05, 0.1) is 25.5 Å². The van der Waals surface area contributed by atoms with E-state index in [2.05, 4.69) is 21.0 Å². The van der Waals surface area contributed by atoms with E-state index in [9.17, 15) is 14.4 Å². The Bertz CT molecular complexity index is 1080. The van der Waals surface area contributed by atoms with Gasteiger partial charge in [-0.25, -0.2) is 9.48 Å². The fourth-order valence-electron chi connectivity index (χ4n) is 6.65. The molecule has 10 heteroatoms. The number of methoxy groups -OCH3 is 1. The topological polar surface area (TPSA) is 124 Å². The summed E-state index contributed by atoms with van der Waals surface area (Å²) in [6.45, 7) is 10.1. The van der Waals surface area contributed by atoms with Crippen LogP contribution in [0.4, 0.5) is 4.79 Å². The van der Waals surface area contributed by atoms with Gasteiger partial charge in [0.1, 0.15) is 5.56 Å². The number of fused-ring (bicyclic) bond motifs is 2. The van der Waals surface area contributed by atoms with Crippen LogP contribution >= 0.6 is 0 Å². The van der Waals surface area contributed by atoms with Crippen molar-refractivity contribution in [1.82, 2.24) is 25.7 Å². The highest BCUT2D eigenvalue weighted by Crippen LogP contribution is 2.53. The van der Waals surface area contributed by atoms with E-state index in [-0.39, 0.29) is 29.8 Å². The summed E-state index contributed by atoms with van der Waals surface area (Å²) in [6, 6.07) is 0.246.